The Kier molecular flexibility index (Phi) is 3.69. The van der Waals surface area contributed by atoms with Crippen molar-refractivity contribution in [1.82, 2.24) is 0 Å². The third-order valence-electron chi connectivity index (χ3n) is 3.05. The third kappa shape index (κ3) is 3.16. The van der Waals surface area contributed by atoms with Crippen LogP contribution in [0.1, 0.15) is 18.6 Å². The first-order chi connectivity index (χ1) is 8.87. The van der Waals surface area contributed by atoms with Gasteiger partial charge in [-0.05, 0) is 37.7 Å². The third-order valence-corrected chi connectivity index (χ3v) is 3.98. The largest absolute Gasteiger partial charge is 0.406 e. The molecule has 1 aliphatic rings. The maximum atomic E-state index is 8.72. The first kappa shape index (κ1) is 14.1. The van der Waals surface area contributed by atoms with E-state index >= 15 is 0 Å². The first-order valence-electron chi connectivity index (χ1n) is 6.31. The molecule has 1 aliphatic heterocycles. The van der Waals surface area contributed by atoms with Crippen LogP contribution in [0.3, 0.4) is 0 Å². The Labute approximate surface area is 114 Å². The number of hydrogen-bond donors (Lipinski definition) is 0. The summed E-state index contributed by atoms with van der Waals surface area (Å²) in [5, 5.41) is 3.79. The Morgan fingerprint density at radius 3 is 2.53 bits per heavy atom. The highest BCUT2D eigenvalue weighted by atomic mass is 28.4. The molecule has 3 atom stereocenters. The highest BCUT2D eigenvalue weighted by molar-refractivity contribution is 6.69. The smallest absolute Gasteiger partial charge is 0.184 e. The van der Waals surface area contributed by atoms with Crippen molar-refractivity contribution >= 4 is 8.32 Å². The summed E-state index contributed by atoms with van der Waals surface area (Å²) in [7, 11) is -1.80. The molecule has 19 heavy (non-hydrogen) atoms. The summed E-state index contributed by atoms with van der Waals surface area (Å²) in [6.45, 7) is 8.13. The van der Waals surface area contributed by atoms with E-state index in [4.69, 9.17) is 14.7 Å². The molecule has 0 aromatic heterocycles. The van der Waals surface area contributed by atoms with Crippen LogP contribution in [0.5, 0.6) is 0 Å². The van der Waals surface area contributed by atoms with Gasteiger partial charge in [0.15, 0.2) is 14.5 Å². The van der Waals surface area contributed by atoms with E-state index in [1.807, 2.05) is 37.3 Å². The van der Waals surface area contributed by atoms with E-state index in [2.05, 4.69) is 29.7 Å². The van der Waals surface area contributed by atoms with Crippen LogP contribution in [0.25, 0.3) is 10.4 Å². The molecule has 0 bridgehead atoms. The van der Waals surface area contributed by atoms with Crippen molar-refractivity contribution < 1.29 is 9.16 Å². The van der Waals surface area contributed by atoms with Gasteiger partial charge in [0.25, 0.3) is 0 Å². The van der Waals surface area contributed by atoms with E-state index in [-0.39, 0.29) is 6.10 Å². The number of epoxide rings is 1. The average Bonchev–Trinajstić information content (AvgIpc) is 3.02. The van der Waals surface area contributed by atoms with Gasteiger partial charge < -0.3 is 9.16 Å². The maximum absolute atomic E-state index is 8.72. The van der Waals surface area contributed by atoms with Gasteiger partial charge in [0.05, 0.1) is 0 Å². The summed E-state index contributed by atoms with van der Waals surface area (Å²) in [6.07, 6.45) is -0.644. The second-order valence-electron chi connectivity index (χ2n) is 5.88. The molecule has 102 valence electrons. The zero-order valence-corrected chi connectivity index (χ0v) is 12.7. The van der Waals surface area contributed by atoms with Crippen molar-refractivity contribution in [1.29, 1.82) is 0 Å². The zero-order chi connectivity index (χ0) is 14.1. The van der Waals surface area contributed by atoms with E-state index in [1.165, 1.54) is 0 Å². The summed E-state index contributed by atoms with van der Waals surface area (Å²) in [5.41, 5.74) is 9.24. The van der Waals surface area contributed by atoms with Crippen molar-refractivity contribution in [2.24, 2.45) is 5.11 Å². The summed E-state index contributed by atoms with van der Waals surface area (Å²) < 4.78 is 11.7. The number of nitrogens with zero attached hydrogens (tertiary/aromatic N) is 3. The van der Waals surface area contributed by atoms with Crippen LogP contribution in [-0.2, 0) is 9.16 Å². The Balaban J connectivity index is 2.18. The van der Waals surface area contributed by atoms with Crippen molar-refractivity contribution in [3.8, 4) is 0 Å². The molecule has 6 heteroatoms. The zero-order valence-electron chi connectivity index (χ0n) is 11.7. The molecule has 0 spiro atoms. The van der Waals surface area contributed by atoms with Crippen LogP contribution in [-0.4, -0.2) is 20.1 Å². The Bertz CT molecular complexity index is 496. The Morgan fingerprint density at radius 2 is 2.00 bits per heavy atom. The van der Waals surface area contributed by atoms with Crippen molar-refractivity contribution in [3.05, 3.63) is 46.3 Å². The molecule has 0 radical (unpaired) electrons. The van der Waals surface area contributed by atoms with Gasteiger partial charge in [-0.2, -0.15) is 0 Å². The molecule has 0 saturated carbocycles. The fourth-order valence-corrected chi connectivity index (χ4v) is 3.02. The number of azide groups is 1. The summed E-state index contributed by atoms with van der Waals surface area (Å²) in [5.74, 6) is 0. The lowest BCUT2D eigenvalue weighted by Crippen LogP contribution is -2.38. The number of benzene rings is 1. The van der Waals surface area contributed by atoms with Crippen molar-refractivity contribution in [2.75, 3.05) is 0 Å². The van der Waals surface area contributed by atoms with E-state index in [0.717, 1.165) is 5.56 Å². The van der Waals surface area contributed by atoms with Crippen LogP contribution in [0.2, 0.25) is 19.6 Å². The van der Waals surface area contributed by atoms with Crippen molar-refractivity contribution in [3.63, 3.8) is 0 Å². The lowest BCUT2D eigenvalue weighted by Gasteiger charge is -2.26. The fraction of sp³-hybridized carbons (Fsp3) is 0.538. The Hall–Kier alpha value is -1.33. The van der Waals surface area contributed by atoms with E-state index in [9.17, 15) is 0 Å². The second-order valence-corrected chi connectivity index (χ2v) is 10.3. The molecule has 0 amide bonds. The molecule has 1 aromatic rings. The van der Waals surface area contributed by atoms with Gasteiger partial charge in [-0.3, -0.25) is 0 Å². The van der Waals surface area contributed by atoms with Gasteiger partial charge in [0.2, 0.25) is 0 Å². The Morgan fingerprint density at radius 1 is 1.37 bits per heavy atom. The van der Waals surface area contributed by atoms with Crippen LogP contribution in [0.4, 0.5) is 0 Å². The van der Waals surface area contributed by atoms with Crippen LogP contribution < -0.4 is 0 Å². The standard InChI is InChI=1S/C13H19N3O2Si/c1-13(12(15-16-14)18-19(2,3)4)11(17-13)10-8-6-5-7-9-10/h5-9,11-12H,1-4H3/t11-,12?,13+/m1/s1. The van der Waals surface area contributed by atoms with Gasteiger partial charge in [0.1, 0.15) is 11.7 Å². The van der Waals surface area contributed by atoms with Gasteiger partial charge in [-0.1, -0.05) is 35.4 Å². The van der Waals surface area contributed by atoms with Gasteiger partial charge in [-0.25, -0.2) is 0 Å². The van der Waals surface area contributed by atoms with E-state index in [0.29, 0.717) is 0 Å². The fourth-order valence-electron chi connectivity index (χ4n) is 2.07. The van der Waals surface area contributed by atoms with E-state index in [1.54, 1.807) is 0 Å². The minimum atomic E-state index is -1.80. The van der Waals surface area contributed by atoms with Crippen LogP contribution in [0.15, 0.2) is 35.4 Å². The summed E-state index contributed by atoms with van der Waals surface area (Å²) >= 11 is 0. The predicted octanol–water partition coefficient (Wildman–Crippen LogP) is 4.00. The lowest BCUT2D eigenvalue weighted by molar-refractivity contribution is 0.106. The minimum absolute atomic E-state index is 0.0689. The minimum Gasteiger partial charge on any atom is -0.406 e. The molecule has 1 unspecified atom stereocenters. The van der Waals surface area contributed by atoms with Gasteiger partial charge >= 0.3 is 0 Å². The quantitative estimate of drug-likeness (QED) is 0.268. The van der Waals surface area contributed by atoms with Crippen LogP contribution in [0, 0.1) is 0 Å². The van der Waals surface area contributed by atoms with Gasteiger partial charge in [0, 0.05) is 4.91 Å². The molecule has 0 aliphatic carbocycles. The maximum Gasteiger partial charge on any atom is 0.184 e. The molecule has 1 heterocycles. The van der Waals surface area contributed by atoms with Crippen LogP contribution >= 0.6 is 0 Å². The molecule has 0 N–H and O–H groups in total. The number of hydrogen-bond acceptors (Lipinski definition) is 3. The molecule has 5 nitrogen and oxygen atoms in total. The SMILES string of the molecule is C[C@]1(C(N=[N+]=[N-])O[Si](C)(C)C)O[C@@H]1c1ccccc1. The molecule has 1 fully saturated rings. The monoisotopic (exact) mass is 277 g/mol. The molecule has 2 rings (SSSR count). The molecule has 1 aromatic carbocycles. The topological polar surface area (TPSA) is 70.5 Å². The summed E-state index contributed by atoms with van der Waals surface area (Å²) in [4.78, 5) is 2.90. The van der Waals surface area contributed by atoms with Crippen molar-refractivity contribution in [2.45, 2.75) is 44.5 Å². The number of ether oxygens (including phenoxy) is 1. The first-order valence-corrected chi connectivity index (χ1v) is 9.72. The van der Waals surface area contributed by atoms with Gasteiger partial charge in [-0.15, -0.1) is 0 Å². The molecule has 1 saturated heterocycles. The lowest BCUT2D eigenvalue weighted by atomic mass is 10.00. The summed E-state index contributed by atoms with van der Waals surface area (Å²) in [6, 6.07) is 9.93. The average molecular weight is 277 g/mol. The van der Waals surface area contributed by atoms with E-state index < -0.39 is 20.1 Å². The molecular weight excluding hydrogens is 258 g/mol. The second kappa shape index (κ2) is 4.98. The predicted molar refractivity (Wildman–Crippen MR) is 76.0 cm³/mol. The molecular formula is C13H19N3O2Si. The highest BCUT2D eigenvalue weighted by Gasteiger charge is 2.59. The normalized spacial score (nSPS) is 27.5. The number of rotatable bonds is 5. The highest BCUT2D eigenvalue weighted by Crippen LogP contribution is 2.53.